The lowest BCUT2D eigenvalue weighted by atomic mass is 9.98. The first-order valence-corrected chi connectivity index (χ1v) is 11.9. The Labute approximate surface area is 209 Å². The van der Waals surface area contributed by atoms with E-state index >= 15 is 0 Å². The average molecular weight is 482 g/mol. The van der Waals surface area contributed by atoms with E-state index in [2.05, 4.69) is 34.6 Å². The van der Waals surface area contributed by atoms with Gasteiger partial charge in [0.25, 0.3) is 0 Å². The summed E-state index contributed by atoms with van der Waals surface area (Å²) in [7, 11) is 1.29. The molecule has 0 unspecified atom stereocenters. The summed E-state index contributed by atoms with van der Waals surface area (Å²) in [6.07, 6.45) is 3.10. The fraction of sp³-hybridized carbons (Fsp3) is 0.207. The second kappa shape index (κ2) is 10.5. The molecule has 0 radical (unpaired) electrons. The van der Waals surface area contributed by atoms with E-state index in [0.717, 1.165) is 27.8 Å². The number of benzene rings is 3. The van der Waals surface area contributed by atoms with Crippen molar-refractivity contribution in [2.24, 2.45) is 0 Å². The number of hydrogen-bond donors (Lipinski definition) is 1. The number of aromatic nitrogens is 2. The van der Waals surface area contributed by atoms with Gasteiger partial charge in [0.2, 0.25) is 0 Å². The van der Waals surface area contributed by atoms with Gasteiger partial charge in [0.1, 0.15) is 12.6 Å². The highest BCUT2D eigenvalue weighted by Gasteiger charge is 2.30. The Morgan fingerprint density at radius 3 is 2.25 bits per heavy atom. The molecular weight excluding hydrogens is 454 g/mol. The molecule has 0 aliphatic heterocycles. The molecule has 5 rings (SSSR count). The predicted octanol–water partition coefficient (Wildman–Crippen LogP) is 4.55. The van der Waals surface area contributed by atoms with Crippen LogP contribution in [0.5, 0.6) is 0 Å². The maximum Gasteiger partial charge on any atom is 0.407 e. The molecule has 0 fully saturated rings. The van der Waals surface area contributed by atoms with Crippen molar-refractivity contribution in [3.8, 4) is 11.1 Å². The zero-order valence-corrected chi connectivity index (χ0v) is 20.0. The molecule has 7 heteroatoms. The van der Waals surface area contributed by atoms with Crippen molar-refractivity contribution in [2.75, 3.05) is 13.7 Å². The number of nitrogens with zero attached hydrogens (tertiary/aromatic N) is 2. The summed E-state index contributed by atoms with van der Waals surface area (Å²) in [5.74, 6) is -0.616. The molecule has 7 nitrogen and oxygen atoms in total. The lowest BCUT2D eigenvalue weighted by molar-refractivity contribution is -0.143. The number of amides is 1. The first-order valence-electron chi connectivity index (χ1n) is 11.9. The van der Waals surface area contributed by atoms with Crippen LogP contribution in [0.15, 0.2) is 91.4 Å². The zero-order chi connectivity index (χ0) is 24.9. The number of imidazole rings is 1. The van der Waals surface area contributed by atoms with E-state index in [1.54, 1.807) is 6.33 Å². The van der Waals surface area contributed by atoms with Gasteiger partial charge in [-0.1, -0.05) is 78.9 Å². The monoisotopic (exact) mass is 481 g/mol. The van der Waals surface area contributed by atoms with Crippen molar-refractivity contribution >= 4 is 12.1 Å². The van der Waals surface area contributed by atoms with Gasteiger partial charge in [-0.15, -0.1) is 0 Å². The lowest BCUT2D eigenvalue weighted by Crippen LogP contribution is -2.43. The number of carbonyl (C=O) groups excluding carboxylic acids is 2. The molecule has 4 aromatic rings. The standard InChI is InChI=1S/C29H27N3O4/c1-35-28(33)27(15-21-17-32(19-30-21)16-20-9-3-2-4-10-20)31-29(34)36-18-26-24-13-7-5-11-22(24)23-12-6-8-14-25(23)26/h2-14,17,19,26-27H,15-16,18H2,1H3,(H,31,34)/t27-/m0/s1. The number of nitrogens with one attached hydrogen (secondary N) is 1. The van der Waals surface area contributed by atoms with Gasteiger partial charge < -0.3 is 19.4 Å². The Kier molecular flexibility index (Phi) is 6.80. The van der Waals surface area contributed by atoms with Gasteiger partial charge in [-0.2, -0.15) is 0 Å². The predicted molar refractivity (Wildman–Crippen MR) is 135 cm³/mol. The topological polar surface area (TPSA) is 82.5 Å². The van der Waals surface area contributed by atoms with Gasteiger partial charge in [-0.3, -0.25) is 0 Å². The number of methoxy groups -OCH3 is 1. The average Bonchev–Trinajstić information content (AvgIpc) is 3.49. The molecule has 0 spiro atoms. The van der Waals surface area contributed by atoms with Crippen LogP contribution < -0.4 is 5.32 Å². The van der Waals surface area contributed by atoms with Gasteiger partial charge in [0.15, 0.2) is 0 Å². The molecular formula is C29H27N3O4. The summed E-state index contributed by atoms with van der Waals surface area (Å²) in [4.78, 5) is 29.5. The fourth-order valence-electron chi connectivity index (χ4n) is 4.72. The van der Waals surface area contributed by atoms with E-state index in [-0.39, 0.29) is 18.9 Å². The summed E-state index contributed by atoms with van der Waals surface area (Å²) in [5.41, 5.74) is 6.37. The Morgan fingerprint density at radius 1 is 0.944 bits per heavy atom. The van der Waals surface area contributed by atoms with E-state index in [0.29, 0.717) is 12.2 Å². The van der Waals surface area contributed by atoms with E-state index in [9.17, 15) is 9.59 Å². The Hall–Kier alpha value is -4.39. The molecule has 1 heterocycles. The third kappa shape index (κ3) is 5.00. The second-order valence-corrected chi connectivity index (χ2v) is 8.77. The van der Waals surface area contributed by atoms with Crippen LogP contribution in [-0.4, -0.2) is 41.4 Å². The molecule has 1 atom stereocenters. The minimum absolute atomic E-state index is 0.0617. The maximum absolute atomic E-state index is 12.7. The first-order chi connectivity index (χ1) is 17.6. The van der Waals surface area contributed by atoms with E-state index in [1.165, 1.54) is 7.11 Å². The van der Waals surface area contributed by atoms with Crippen LogP contribution in [0.25, 0.3) is 11.1 Å². The van der Waals surface area contributed by atoms with Crippen molar-refractivity contribution in [2.45, 2.75) is 24.9 Å². The smallest absolute Gasteiger partial charge is 0.407 e. The van der Waals surface area contributed by atoms with E-state index in [1.807, 2.05) is 65.4 Å². The molecule has 0 saturated heterocycles. The second-order valence-electron chi connectivity index (χ2n) is 8.77. The quantitative estimate of drug-likeness (QED) is 0.373. The first kappa shape index (κ1) is 23.4. The molecule has 1 amide bonds. The highest BCUT2D eigenvalue weighted by Crippen LogP contribution is 2.44. The van der Waals surface area contributed by atoms with Crippen LogP contribution in [0.4, 0.5) is 4.79 Å². The summed E-state index contributed by atoms with van der Waals surface area (Å²) in [6, 6.07) is 25.4. The normalized spacial score (nSPS) is 12.9. The summed E-state index contributed by atoms with van der Waals surface area (Å²) in [6.45, 7) is 0.829. The van der Waals surface area contributed by atoms with Crippen molar-refractivity contribution in [3.63, 3.8) is 0 Å². The number of rotatable bonds is 8. The SMILES string of the molecule is COC(=O)[C@H](Cc1cn(Cc2ccccc2)cn1)NC(=O)OCC1c2ccccc2-c2ccccc21. The highest BCUT2D eigenvalue weighted by molar-refractivity contribution is 5.82. The number of ether oxygens (including phenoxy) is 2. The molecule has 182 valence electrons. The fourth-order valence-corrected chi connectivity index (χ4v) is 4.72. The zero-order valence-electron chi connectivity index (χ0n) is 20.0. The summed E-state index contributed by atoms with van der Waals surface area (Å²) in [5, 5.41) is 2.66. The van der Waals surface area contributed by atoms with E-state index in [4.69, 9.17) is 9.47 Å². The van der Waals surface area contributed by atoms with Crippen LogP contribution in [0.1, 0.15) is 28.3 Å². The largest absolute Gasteiger partial charge is 0.467 e. The van der Waals surface area contributed by atoms with Crippen LogP contribution in [-0.2, 0) is 27.2 Å². The Balaban J connectivity index is 1.23. The Morgan fingerprint density at radius 2 is 1.58 bits per heavy atom. The van der Waals surface area contributed by atoms with Gasteiger partial charge in [-0.05, 0) is 27.8 Å². The number of hydrogen-bond acceptors (Lipinski definition) is 5. The minimum Gasteiger partial charge on any atom is -0.467 e. The van der Waals surface area contributed by atoms with Crippen molar-refractivity contribution in [3.05, 3.63) is 114 Å². The molecule has 0 saturated carbocycles. The highest BCUT2D eigenvalue weighted by atomic mass is 16.6. The van der Waals surface area contributed by atoms with Crippen molar-refractivity contribution in [1.82, 2.24) is 14.9 Å². The Bertz CT molecular complexity index is 1320. The van der Waals surface area contributed by atoms with Crippen LogP contribution in [0.3, 0.4) is 0 Å². The van der Waals surface area contributed by atoms with Crippen LogP contribution in [0, 0.1) is 0 Å². The molecule has 1 aromatic heterocycles. The van der Waals surface area contributed by atoms with Gasteiger partial charge in [-0.25, -0.2) is 14.6 Å². The minimum atomic E-state index is -0.911. The molecule has 1 N–H and O–H groups in total. The molecule has 1 aliphatic carbocycles. The van der Waals surface area contributed by atoms with Gasteiger partial charge >= 0.3 is 12.1 Å². The summed E-state index contributed by atoms with van der Waals surface area (Å²) < 4.78 is 12.5. The maximum atomic E-state index is 12.7. The van der Waals surface area contributed by atoms with Gasteiger partial charge in [0.05, 0.1) is 19.1 Å². The molecule has 1 aliphatic rings. The van der Waals surface area contributed by atoms with E-state index < -0.39 is 18.1 Å². The molecule has 0 bridgehead atoms. The number of fused-ring (bicyclic) bond motifs is 3. The van der Waals surface area contributed by atoms with Crippen LogP contribution >= 0.6 is 0 Å². The molecule has 36 heavy (non-hydrogen) atoms. The third-order valence-corrected chi connectivity index (χ3v) is 6.43. The summed E-state index contributed by atoms with van der Waals surface area (Å²) >= 11 is 0. The third-order valence-electron chi connectivity index (χ3n) is 6.43. The van der Waals surface area contributed by atoms with Gasteiger partial charge in [0, 0.05) is 25.1 Å². The van der Waals surface area contributed by atoms with Crippen molar-refractivity contribution < 1.29 is 19.1 Å². The lowest BCUT2D eigenvalue weighted by Gasteiger charge is -2.18. The number of alkyl carbamates (subject to hydrolysis) is 1. The van der Waals surface area contributed by atoms with Crippen LogP contribution in [0.2, 0.25) is 0 Å². The molecule has 3 aromatic carbocycles. The number of carbonyl (C=O) groups is 2. The van der Waals surface area contributed by atoms with Crippen molar-refractivity contribution in [1.29, 1.82) is 0 Å². The number of esters is 1.